The number of hydrogen-bond donors (Lipinski definition) is 0. The highest BCUT2D eigenvalue weighted by molar-refractivity contribution is 5.93. The lowest BCUT2D eigenvalue weighted by molar-refractivity contribution is 0.660. The van der Waals surface area contributed by atoms with E-state index in [4.69, 9.17) is 15.0 Å². The summed E-state index contributed by atoms with van der Waals surface area (Å²) in [6.07, 6.45) is 0. The Hall–Kier alpha value is -7.23. The van der Waals surface area contributed by atoms with Crippen molar-refractivity contribution in [2.45, 2.75) is 19.3 Å². The summed E-state index contributed by atoms with van der Waals surface area (Å²) >= 11 is 0. The molecular formula is C54H39N3. The lowest BCUT2D eigenvalue weighted by atomic mass is 9.80. The second-order valence-electron chi connectivity index (χ2n) is 15.3. The molecule has 0 bridgehead atoms. The van der Waals surface area contributed by atoms with Gasteiger partial charge in [-0.25, -0.2) is 15.0 Å². The van der Waals surface area contributed by atoms with E-state index in [9.17, 15) is 0 Å². The predicted molar refractivity (Wildman–Crippen MR) is 235 cm³/mol. The average Bonchev–Trinajstić information content (AvgIpc) is 3.51. The Kier molecular flexibility index (Phi) is 8.49. The minimum atomic E-state index is -0.105. The quantitative estimate of drug-likeness (QED) is 0.164. The molecular weight excluding hydrogens is 691 g/mol. The van der Waals surface area contributed by atoms with Crippen LogP contribution in [-0.4, -0.2) is 15.0 Å². The first kappa shape index (κ1) is 34.3. The summed E-state index contributed by atoms with van der Waals surface area (Å²) in [5.74, 6) is 1.95. The van der Waals surface area contributed by atoms with Gasteiger partial charge < -0.3 is 0 Å². The fraction of sp³-hybridized carbons (Fsp3) is 0.0556. The van der Waals surface area contributed by atoms with Crippen molar-refractivity contribution in [2.24, 2.45) is 0 Å². The van der Waals surface area contributed by atoms with Gasteiger partial charge in [-0.05, 0) is 85.0 Å². The van der Waals surface area contributed by atoms with Gasteiger partial charge in [0, 0.05) is 22.1 Å². The highest BCUT2D eigenvalue weighted by Crippen LogP contribution is 2.52. The second-order valence-corrected chi connectivity index (χ2v) is 15.3. The molecule has 1 aliphatic rings. The molecule has 57 heavy (non-hydrogen) atoms. The van der Waals surface area contributed by atoms with Crippen molar-refractivity contribution in [1.82, 2.24) is 15.0 Å². The van der Waals surface area contributed by atoms with Gasteiger partial charge in [-0.2, -0.15) is 0 Å². The molecule has 0 fully saturated rings. The molecule has 0 amide bonds. The van der Waals surface area contributed by atoms with Gasteiger partial charge in [-0.3, -0.25) is 0 Å². The summed E-state index contributed by atoms with van der Waals surface area (Å²) < 4.78 is 0. The summed E-state index contributed by atoms with van der Waals surface area (Å²) in [5.41, 5.74) is 17.6. The Morgan fingerprint density at radius 1 is 0.263 bits per heavy atom. The molecule has 1 heterocycles. The third kappa shape index (κ3) is 6.33. The van der Waals surface area contributed by atoms with Crippen molar-refractivity contribution >= 4 is 0 Å². The molecule has 8 aromatic carbocycles. The van der Waals surface area contributed by atoms with Gasteiger partial charge in [0.25, 0.3) is 0 Å². The maximum absolute atomic E-state index is 4.98. The first-order valence-corrected chi connectivity index (χ1v) is 19.5. The fourth-order valence-electron chi connectivity index (χ4n) is 8.32. The first-order valence-electron chi connectivity index (χ1n) is 19.5. The van der Waals surface area contributed by atoms with Crippen LogP contribution in [-0.2, 0) is 5.41 Å². The van der Waals surface area contributed by atoms with E-state index in [0.717, 1.165) is 27.8 Å². The molecule has 1 aliphatic carbocycles. The van der Waals surface area contributed by atoms with E-state index in [1.54, 1.807) is 0 Å². The number of fused-ring (bicyclic) bond motifs is 3. The Morgan fingerprint density at radius 2 is 0.667 bits per heavy atom. The van der Waals surface area contributed by atoms with Crippen molar-refractivity contribution in [3.8, 4) is 89.8 Å². The molecule has 3 nitrogen and oxygen atoms in total. The van der Waals surface area contributed by atoms with Gasteiger partial charge >= 0.3 is 0 Å². The molecule has 0 atom stereocenters. The largest absolute Gasteiger partial charge is 0.208 e. The van der Waals surface area contributed by atoms with Gasteiger partial charge in [0.1, 0.15) is 0 Å². The molecule has 0 aliphatic heterocycles. The standard InChI is InChI=1S/C54H39N3/c1-54(2)49-24-13-12-23-45(49)48-34-46(39-29-25-37(26-30-39)36-15-6-3-7-16-36)47(35-50(48)54)40-31-27-38(28-32-40)43-21-14-22-44(33-43)53-56-51(41-17-8-4-9-18-41)55-52(57-53)42-19-10-5-11-20-42/h3-35H,1-2H3. The highest BCUT2D eigenvalue weighted by atomic mass is 15.0. The zero-order valence-corrected chi connectivity index (χ0v) is 31.9. The third-order valence-electron chi connectivity index (χ3n) is 11.4. The van der Waals surface area contributed by atoms with Crippen LogP contribution in [0.15, 0.2) is 200 Å². The van der Waals surface area contributed by atoms with Crippen LogP contribution < -0.4 is 0 Å². The van der Waals surface area contributed by atoms with Gasteiger partial charge in [-0.15, -0.1) is 0 Å². The van der Waals surface area contributed by atoms with Gasteiger partial charge in [0.05, 0.1) is 0 Å². The van der Waals surface area contributed by atoms with Crippen LogP contribution in [0, 0.1) is 0 Å². The Morgan fingerprint density at radius 3 is 1.25 bits per heavy atom. The van der Waals surface area contributed by atoms with Crippen molar-refractivity contribution in [3.63, 3.8) is 0 Å². The number of benzene rings is 8. The van der Waals surface area contributed by atoms with E-state index in [1.807, 2.05) is 60.7 Å². The van der Waals surface area contributed by atoms with E-state index >= 15 is 0 Å². The van der Waals surface area contributed by atoms with E-state index in [0.29, 0.717) is 17.5 Å². The van der Waals surface area contributed by atoms with Crippen LogP contribution in [0.2, 0.25) is 0 Å². The molecule has 1 aromatic heterocycles. The zero-order valence-electron chi connectivity index (χ0n) is 31.9. The normalized spacial score (nSPS) is 12.5. The molecule has 3 heteroatoms. The van der Waals surface area contributed by atoms with Crippen LogP contribution >= 0.6 is 0 Å². The van der Waals surface area contributed by atoms with Crippen LogP contribution in [0.1, 0.15) is 25.0 Å². The lowest BCUT2D eigenvalue weighted by Gasteiger charge is -2.23. The molecule has 0 N–H and O–H groups in total. The van der Waals surface area contributed by atoms with Crippen molar-refractivity contribution < 1.29 is 0 Å². The zero-order chi connectivity index (χ0) is 38.3. The molecule has 0 unspecified atom stereocenters. The van der Waals surface area contributed by atoms with Crippen molar-refractivity contribution in [3.05, 3.63) is 211 Å². The Bertz CT molecular complexity index is 2820. The maximum Gasteiger partial charge on any atom is 0.164 e. The summed E-state index contributed by atoms with van der Waals surface area (Å²) in [6, 6.07) is 71.1. The van der Waals surface area contributed by atoms with Gasteiger partial charge in [0.15, 0.2) is 17.5 Å². The smallest absolute Gasteiger partial charge is 0.164 e. The SMILES string of the molecule is CC1(C)c2ccccc2-c2cc(-c3ccc(-c4ccccc4)cc3)c(-c3ccc(-c4cccc(-c5nc(-c6ccccc6)nc(-c6ccccc6)n5)c4)cc3)cc21. The maximum atomic E-state index is 4.98. The molecule has 270 valence electrons. The Balaban J connectivity index is 1.04. The number of aromatic nitrogens is 3. The molecule has 10 rings (SSSR count). The minimum Gasteiger partial charge on any atom is -0.208 e. The highest BCUT2D eigenvalue weighted by Gasteiger charge is 2.36. The minimum absolute atomic E-state index is 0.105. The fourth-order valence-corrected chi connectivity index (χ4v) is 8.32. The van der Waals surface area contributed by atoms with E-state index < -0.39 is 0 Å². The third-order valence-corrected chi connectivity index (χ3v) is 11.4. The van der Waals surface area contributed by atoms with Gasteiger partial charge in [0.2, 0.25) is 0 Å². The Labute approximate surface area is 334 Å². The molecule has 9 aromatic rings. The van der Waals surface area contributed by atoms with E-state index in [2.05, 4.69) is 153 Å². The topological polar surface area (TPSA) is 38.7 Å². The van der Waals surface area contributed by atoms with Crippen molar-refractivity contribution in [2.75, 3.05) is 0 Å². The van der Waals surface area contributed by atoms with E-state index in [-0.39, 0.29) is 5.41 Å². The van der Waals surface area contributed by atoms with E-state index in [1.165, 1.54) is 55.6 Å². The number of nitrogens with zero attached hydrogens (tertiary/aromatic N) is 3. The van der Waals surface area contributed by atoms with Crippen LogP contribution in [0.3, 0.4) is 0 Å². The average molecular weight is 730 g/mol. The second kappa shape index (κ2) is 14.1. The number of rotatable bonds is 7. The van der Waals surface area contributed by atoms with Crippen molar-refractivity contribution in [1.29, 1.82) is 0 Å². The number of hydrogen-bond acceptors (Lipinski definition) is 3. The molecule has 0 spiro atoms. The van der Waals surface area contributed by atoms with Crippen LogP contribution in [0.25, 0.3) is 89.8 Å². The monoisotopic (exact) mass is 729 g/mol. The van der Waals surface area contributed by atoms with Gasteiger partial charge in [-0.1, -0.05) is 196 Å². The predicted octanol–water partition coefficient (Wildman–Crippen LogP) is 13.8. The van der Waals surface area contributed by atoms with Crippen LogP contribution in [0.4, 0.5) is 0 Å². The molecule has 0 saturated heterocycles. The first-order chi connectivity index (χ1) is 28.0. The summed E-state index contributed by atoms with van der Waals surface area (Å²) in [4.78, 5) is 14.8. The summed E-state index contributed by atoms with van der Waals surface area (Å²) in [7, 11) is 0. The summed E-state index contributed by atoms with van der Waals surface area (Å²) in [5, 5.41) is 0. The molecule has 0 saturated carbocycles. The lowest BCUT2D eigenvalue weighted by Crippen LogP contribution is -2.15. The van der Waals surface area contributed by atoms with Crippen LogP contribution in [0.5, 0.6) is 0 Å². The molecule has 0 radical (unpaired) electrons. The summed E-state index contributed by atoms with van der Waals surface area (Å²) in [6.45, 7) is 4.70.